The van der Waals surface area contributed by atoms with Gasteiger partial charge in [0.25, 0.3) is 5.91 Å². The lowest BCUT2D eigenvalue weighted by Gasteiger charge is -2.11. The summed E-state index contributed by atoms with van der Waals surface area (Å²) in [6.07, 6.45) is 2.01. The van der Waals surface area contributed by atoms with E-state index in [1.165, 1.54) is 0 Å². The predicted octanol–water partition coefficient (Wildman–Crippen LogP) is 2.94. The summed E-state index contributed by atoms with van der Waals surface area (Å²) in [5, 5.41) is 2.86. The Kier molecular flexibility index (Phi) is 6.25. The van der Waals surface area contributed by atoms with Gasteiger partial charge < -0.3 is 20.5 Å². The summed E-state index contributed by atoms with van der Waals surface area (Å²) in [5.74, 6) is -0.375. The summed E-state index contributed by atoms with van der Waals surface area (Å²) in [5.41, 5.74) is 7.31. The number of esters is 1. The molecule has 1 aliphatic rings. The Labute approximate surface area is 166 Å². The second-order valence-electron chi connectivity index (χ2n) is 6.03. The zero-order valence-corrected chi connectivity index (χ0v) is 16.5. The molecule has 9 heteroatoms. The largest absolute Gasteiger partial charge is 0.462 e. The molecule has 0 saturated carbocycles. The Morgan fingerprint density at radius 2 is 2.15 bits per heavy atom. The van der Waals surface area contributed by atoms with E-state index in [4.69, 9.17) is 27.4 Å². The number of carbonyl (C=O) groups excluding carboxylic acids is 2. The molecule has 1 aliphatic heterocycles. The highest BCUT2D eigenvalue weighted by atomic mass is 32.1. The fourth-order valence-corrected chi connectivity index (χ4v) is 4.13. The van der Waals surface area contributed by atoms with Crippen molar-refractivity contribution in [2.24, 2.45) is 0 Å². The summed E-state index contributed by atoms with van der Waals surface area (Å²) in [4.78, 5) is 24.6. The van der Waals surface area contributed by atoms with Crippen LogP contribution in [0.1, 0.15) is 39.8 Å². The number of rotatable bonds is 6. The quantitative estimate of drug-likeness (QED) is 0.565. The smallest absolute Gasteiger partial charge is 0.338 e. The van der Waals surface area contributed by atoms with E-state index in [0.717, 1.165) is 30.8 Å². The van der Waals surface area contributed by atoms with Crippen LogP contribution in [0.4, 0.5) is 5.82 Å². The second kappa shape index (κ2) is 8.64. The molecule has 0 radical (unpaired) electrons. The number of nitrogens with two attached hydrogens (primary N) is 1. The van der Waals surface area contributed by atoms with Crippen LogP contribution in [0, 0.1) is 3.95 Å². The highest BCUT2D eigenvalue weighted by Gasteiger charge is 2.21. The molecular formula is C18H21N3O4S2. The Morgan fingerprint density at radius 1 is 1.41 bits per heavy atom. The molecule has 1 amide bonds. The first kappa shape index (κ1) is 19.5. The van der Waals surface area contributed by atoms with Crippen LogP contribution in [0.15, 0.2) is 24.3 Å². The maximum absolute atomic E-state index is 12.5. The van der Waals surface area contributed by atoms with Gasteiger partial charge in [0.2, 0.25) is 0 Å². The number of carbonyl (C=O) groups is 2. The average molecular weight is 408 g/mol. The van der Waals surface area contributed by atoms with Gasteiger partial charge in [-0.05, 0) is 56.2 Å². The van der Waals surface area contributed by atoms with Crippen molar-refractivity contribution in [3.63, 3.8) is 0 Å². The monoisotopic (exact) mass is 407 g/mol. The van der Waals surface area contributed by atoms with Gasteiger partial charge in [0.15, 0.2) is 3.95 Å². The van der Waals surface area contributed by atoms with Crippen molar-refractivity contribution in [2.75, 3.05) is 25.5 Å². The van der Waals surface area contributed by atoms with E-state index in [2.05, 4.69) is 5.32 Å². The average Bonchev–Trinajstić information content (AvgIpc) is 3.28. The van der Waals surface area contributed by atoms with Gasteiger partial charge in [0.05, 0.1) is 18.3 Å². The lowest BCUT2D eigenvalue weighted by Crippen LogP contribution is -2.31. The Bertz CT molecular complexity index is 883. The molecule has 2 aromatic rings. The third-order valence-electron chi connectivity index (χ3n) is 4.20. The topological polar surface area (TPSA) is 95.6 Å². The molecule has 144 valence electrons. The number of thiazole rings is 1. The maximum Gasteiger partial charge on any atom is 0.338 e. The normalized spacial score (nSPS) is 16.3. The molecule has 0 unspecified atom stereocenters. The van der Waals surface area contributed by atoms with E-state index in [1.807, 2.05) is 0 Å². The Balaban J connectivity index is 1.77. The van der Waals surface area contributed by atoms with Gasteiger partial charge in [-0.2, -0.15) is 0 Å². The Hall–Kier alpha value is -2.23. The van der Waals surface area contributed by atoms with Crippen molar-refractivity contribution in [3.05, 3.63) is 38.7 Å². The van der Waals surface area contributed by atoms with E-state index in [-0.39, 0.29) is 23.8 Å². The molecule has 3 rings (SSSR count). The number of hydrogen-bond acceptors (Lipinski definition) is 7. The number of hydrogen-bond donors (Lipinski definition) is 2. The maximum atomic E-state index is 12.5. The lowest BCUT2D eigenvalue weighted by molar-refractivity contribution is 0.0526. The van der Waals surface area contributed by atoms with Crippen molar-refractivity contribution in [1.82, 2.24) is 9.88 Å². The number of ether oxygens (including phenoxy) is 2. The minimum Gasteiger partial charge on any atom is -0.462 e. The first-order valence-corrected chi connectivity index (χ1v) is 9.92. The highest BCUT2D eigenvalue weighted by molar-refractivity contribution is 7.73. The molecule has 27 heavy (non-hydrogen) atoms. The predicted molar refractivity (Wildman–Crippen MR) is 106 cm³/mol. The van der Waals surface area contributed by atoms with Crippen LogP contribution in [0.5, 0.6) is 0 Å². The first-order valence-electron chi connectivity index (χ1n) is 8.70. The van der Waals surface area contributed by atoms with E-state index in [0.29, 0.717) is 33.2 Å². The molecule has 2 heterocycles. The molecule has 0 aliphatic carbocycles. The SMILES string of the molecule is CCOC(=O)c1ccc(-n2c(N)c(C(=O)NC[C@@H]3CCCO3)sc2=S)cc1. The highest BCUT2D eigenvalue weighted by Crippen LogP contribution is 2.26. The fourth-order valence-electron chi connectivity index (χ4n) is 2.85. The van der Waals surface area contributed by atoms with Crippen molar-refractivity contribution in [3.8, 4) is 5.69 Å². The number of benzene rings is 1. The van der Waals surface area contributed by atoms with Crippen LogP contribution >= 0.6 is 23.6 Å². The number of anilines is 1. The molecule has 0 bridgehead atoms. The number of nitrogen functional groups attached to an aromatic ring is 1. The minimum atomic E-state index is -0.389. The van der Waals surface area contributed by atoms with Gasteiger partial charge >= 0.3 is 5.97 Å². The van der Waals surface area contributed by atoms with E-state index < -0.39 is 0 Å². The zero-order valence-electron chi connectivity index (χ0n) is 14.9. The molecule has 1 fully saturated rings. The second-order valence-corrected chi connectivity index (χ2v) is 7.67. The van der Waals surface area contributed by atoms with Gasteiger partial charge in [-0.15, -0.1) is 0 Å². The Morgan fingerprint density at radius 3 is 2.78 bits per heavy atom. The summed E-state index contributed by atoms with van der Waals surface area (Å²) in [6, 6.07) is 6.73. The molecule has 1 saturated heterocycles. The number of amides is 1. The molecule has 7 nitrogen and oxygen atoms in total. The van der Waals surface area contributed by atoms with Gasteiger partial charge in [-0.3, -0.25) is 9.36 Å². The van der Waals surface area contributed by atoms with Crippen LogP contribution < -0.4 is 11.1 Å². The van der Waals surface area contributed by atoms with Crippen molar-refractivity contribution < 1.29 is 19.1 Å². The summed E-state index contributed by atoms with van der Waals surface area (Å²) in [7, 11) is 0. The van der Waals surface area contributed by atoms with E-state index >= 15 is 0 Å². The van der Waals surface area contributed by atoms with Gasteiger partial charge in [0.1, 0.15) is 10.7 Å². The molecule has 3 N–H and O–H groups in total. The summed E-state index contributed by atoms with van der Waals surface area (Å²) >= 11 is 6.54. The molecular weight excluding hydrogens is 386 g/mol. The molecule has 1 aromatic heterocycles. The van der Waals surface area contributed by atoms with Crippen LogP contribution in [0.3, 0.4) is 0 Å². The van der Waals surface area contributed by atoms with Crippen molar-refractivity contribution in [2.45, 2.75) is 25.9 Å². The summed E-state index contributed by atoms with van der Waals surface area (Å²) in [6.45, 7) is 3.26. The fraction of sp³-hybridized carbons (Fsp3) is 0.389. The van der Waals surface area contributed by atoms with Crippen LogP contribution in [-0.4, -0.2) is 42.3 Å². The number of aromatic nitrogens is 1. The van der Waals surface area contributed by atoms with Crippen molar-refractivity contribution in [1.29, 1.82) is 0 Å². The standard InChI is InChI=1S/C18H21N3O4S2/c1-2-24-17(23)11-5-7-12(8-6-11)21-15(19)14(27-18(21)26)16(22)20-10-13-4-3-9-25-13/h5-8,13H,2-4,9-10,19H2,1H3,(H,20,22)/t13-/m0/s1. The third kappa shape index (κ3) is 4.37. The van der Waals surface area contributed by atoms with Crippen LogP contribution in [0.25, 0.3) is 5.69 Å². The molecule has 1 aromatic carbocycles. The number of nitrogens with one attached hydrogen (secondary N) is 1. The first-order chi connectivity index (χ1) is 13.0. The van der Waals surface area contributed by atoms with Gasteiger partial charge in [-0.25, -0.2) is 4.79 Å². The van der Waals surface area contributed by atoms with Gasteiger partial charge in [-0.1, -0.05) is 11.3 Å². The van der Waals surface area contributed by atoms with E-state index in [1.54, 1.807) is 35.8 Å². The molecule has 0 spiro atoms. The number of nitrogens with zero attached hydrogens (tertiary/aromatic N) is 1. The van der Waals surface area contributed by atoms with Crippen LogP contribution in [-0.2, 0) is 9.47 Å². The zero-order chi connectivity index (χ0) is 19.4. The van der Waals surface area contributed by atoms with E-state index in [9.17, 15) is 9.59 Å². The summed E-state index contributed by atoms with van der Waals surface area (Å²) < 4.78 is 12.6. The van der Waals surface area contributed by atoms with Crippen molar-refractivity contribution >= 4 is 41.2 Å². The van der Waals surface area contributed by atoms with Crippen LogP contribution in [0.2, 0.25) is 0 Å². The van der Waals surface area contributed by atoms with Gasteiger partial charge in [0, 0.05) is 18.8 Å². The minimum absolute atomic E-state index is 0.0562. The third-order valence-corrected chi connectivity index (χ3v) is 5.59. The lowest BCUT2D eigenvalue weighted by atomic mass is 10.2. The molecule has 1 atom stereocenters.